The Morgan fingerprint density at radius 3 is 0.556 bits per heavy atom. The summed E-state index contributed by atoms with van der Waals surface area (Å²) in [5.41, 5.74) is 31.4. The molecule has 168 valence electrons. The molecule has 17 N–H and O–H groups in total. The van der Waals surface area contributed by atoms with Crippen molar-refractivity contribution in [3.8, 4) is 0 Å². The van der Waals surface area contributed by atoms with Crippen LogP contribution in [0.3, 0.4) is 0 Å². The van der Waals surface area contributed by atoms with Crippen molar-refractivity contribution in [3.05, 3.63) is 0 Å². The van der Waals surface area contributed by atoms with E-state index in [1.807, 2.05) is 0 Å². The summed E-state index contributed by atoms with van der Waals surface area (Å²) in [5.74, 6) is 0. The van der Waals surface area contributed by atoms with Crippen LogP contribution in [0.1, 0.15) is 0 Å². The van der Waals surface area contributed by atoms with Gasteiger partial charge in [-0.15, -0.1) is 0 Å². The van der Waals surface area contributed by atoms with E-state index >= 15 is 0 Å². The van der Waals surface area contributed by atoms with Crippen molar-refractivity contribution in [3.63, 3.8) is 0 Å². The van der Waals surface area contributed by atoms with Crippen LogP contribution in [-0.2, 0) is 0 Å². The molecule has 0 heterocycles. The first kappa shape index (κ1) is 31.3. The summed E-state index contributed by atoms with van der Waals surface area (Å²) in [6.07, 6.45) is 0. The van der Waals surface area contributed by atoms with E-state index in [4.69, 9.17) is 34.4 Å². The molecule has 0 spiro atoms. The summed E-state index contributed by atoms with van der Waals surface area (Å²) in [6, 6.07) is 0. The van der Waals surface area contributed by atoms with Crippen LogP contribution in [0.25, 0.3) is 0 Å². The minimum Gasteiger partial charge on any atom is -0.329 e. The van der Waals surface area contributed by atoms with Gasteiger partial charge in [0.15, 0.2) is 0 Å². The Balaban J connectivity index is -0.000000326. The van der Waals surface area contributed by atoms with Crippen molar-refractivity contribution < 1.29 is 0 Å². The minimum atomic E-state index is 0.694. The maximum Gasteiger partial charge on any atom is 0.00772 e. The highest BCUT2D eigenvalue weighted by Gasteiger charge is 1.84. The number of hydrogen-bond donors (Lipinski definition) is 11. The molecule has 0 saturated heterocycles. The fraction of sp³-hybridized carbons (Fsp3) is 1.00. The van der Waals surface area contributed by atoms with E-state index in [0.29, 0.717) is 39.3 Å². The molecule has 0 aliphatic carbocycles. The summed E-state index contributed by atoms with van der Waals surface area (Å²) in [7, 11) is 0. The third kappa shape index (κ3) is 46.0. The predicted octanol–water partition coefficient (Wildman–Crippen LogP) is -5.34. The molecule has 11 nitrogen and oxygen atoms in total. The number of nitrogens with one attached hydrogen (secondary N) is 5. The number of rotatable bonds is 18. The lowest BCUT2D eigenvalue weighted by molar-refractivity contribution is 0.618. The predicted molar refractivity (Wildman–Crippen MR) is 119 cm³/mol. The molecule has 0 aromatic rings. The maximum atomic E-state index is 5.27. The molecule has 27 heavy (non-hydrogen) atoms. The molecule has 0 unspecified atom stereocenters. The zero-order valence-corrected chi connectivity index (χ0v) is 17.3. The lowest BCUT2D eigenvalue weighted by atomic mass is 10.5. The Bertz CT molecular complexity index is 175. The Morgan fingerprint density at radius 1 is 0.259 bits per heavy atom. The van der Waals surface area contributed by atoms with E-state index in [1.54, 1.807) is 0 Å². The summed E-state index contributed by atoms with van der Waals surface area (Å²) >= 11 is 0. The Morgan fingerprint density at radius 2 is 0.407 bits per heavy atom. The molecular weight excluding hydrogens is 346 g/mol. The van der Waals surface area contributed by atoms with Gasteiger partial charge in [0.2, 0.25) is 0 Å². The smallest absolute Gasteiger partial charge is 0.00772 e. The lowest BCUT2D eigenvalue weighted by Gasteiger charge is -2.03. The first-order chi connectivity index (χ1) is 13.2. The third-order valence-electron chi connectivity index (χ3n) is 2.88. The second-order valence-electron chi connectivity index (χ2n) is 5.48. The summed E-state index contributed by atoms with van der Waals surface area (Å²) in [6.45, 7) is 13.4. The Kier molecular flexibility index (Phi) is 42.2. The molecule has 0 aliphatic heterocycles. The largest absolute Gasteiger partial charge is 0.329 e. The molecule has 0 amide bonds. The highest BCUT2D eigenvalue weighted by Crippen LogP contribution is 1.58. The monoisotopic (exact) mass is 395 g/mol. The van der Waals surface area contributed by atoms with Crippen molar-refractivity contribution in [1.29, 1.82) is 0 Å². The van der Waals surface area contributed by atoms with Crippen LogP contribution in [0.15, 0.2) is 0 Å². The van der Waals surface area contributed by atoms with Gasteiger partial charge in [0.25, 0.3) is 0 Å². The summed E-state index contributed by atoms with van der Waals surface area (Å²) in [4.78, 5) is 0. The molecule has 0 fully saturated rings. The highest BCUT2D eigenvalue weighted by molar-refractivity contribution is 4.52. The van der Waals surface area contributed by atoms with Gasteiger partial charge in [-0.3, -0.25) is 0 Å². The van der Waals surface area contributed by atoms with Crippen LogP contribution in [-0.4, -0.2) is 105 Å². The van der Waals surface area contributed by atoms with Crippen LogP contribution in [0.2, 0.25) is 0 Å². The van der Waals surface area contributed by atoms with Gasteiger partial charge in [-0.05, 0) is 0 Å². The van der Waals surface area contributed by atoms with E-state index in [0.717, 1.165) is 65.4 Å². The molecule has 0 aliphatic rings. The molecule has 0 rings (SSSR count). The van der Waals surface area contributed by atoms with Crippen LogP contribution in [0.4, 0.5) is 0 Å². The maximum absolute atomic E-state index is 5.27. The van der Waals surface area contributed by atoms with Gasteiger partial charge < -0.3 is 61.0 Å². The quantitative estimate of drug-likeness (QED) is 0.0984. The van der Waals surface area contributed by atoms with E-state index in [-0.39, 0.29) is 0 Å². The summed E-state index contributed by atoms with van der Waals surface area (Å²) < 4.78 is 0. The minimum absolute atomic E-state index is 0.694. The van der Waals surface area contributed by atoms with Gasteiger partial charge >= 0.3 is 0 Å². The van der Waals surface area contributed by atoms with Crippen molar-refractivity contribution in [2.45, 2.75) is 0 Å². The topological polar surface area (TPSA) is 216 Å². The van der Waals surface area contributed by atoms with E-state index in [2.05, 4.69) is 26.6 Å². The molecule has 0 aromatic carbocycles. The lowest BCUT2D eigenvalue weighted by Crippen LogP contribution is -2.32. The van der Waals surface area contributed by atoms with Crippen LogP contribution in [0, 0.1) is 0 Å². The second kappa shape index (κ2) is 36.5. The standard InChI is InChI=1S/2C6H18N4.C4H13N3/c2*7-1-3-9-5-6-10-4-2-8;5-1-3-7-4-2-6/h2*9-10H,1-8H2;7H,1-6H2. The number of hydrogen-bond acceptors (Lipinski definition) is 11. The zero-order chi connectivity index (χ0) is 20.8. The van der Waals surface area contributed by atoms with E-state index < -0.39 is 0 Å². The fourth-order valence-electron chi connectivity index (χ4n) is 1.59. The molecule has 0 saturated carbocycles. The van der Waals surface area contributed by atoms with Gasteiger partial charge in [-0.25, -0.2) is 0 Å². The van der Waals surface area contributed by atoms with Gasteiger partial charge in [0.05, 0.1) is 0 Å². The Hall–Kier alpha value is -0.440. The fourth-order valence-corrected chi connectivity index (χ4v) is 1.59. The second-order valence-corrected chi connectivity index (χ2v) is 5.48. The highest BCUT2D eigenvalue weighted by atomic mass is 15.0. The van der Waals surface area contributed by atoms with Gasteiger partial charge in [-0.2, -0.15) is 0 Å². The van der Waals surface area contributed by atoms with Crippen molar-refractivity contribution in [2.75, 3.05) is 105 Å². The molecule has 0 aromatic heterocycles. The van der Waals surface area contributed by atoms with Crippen LogP contribution >= 0.6 is 0 Å². The van der Waals surface area contributed by atoms with E-state index in [1.165, 1.54) is 0 Å². The summed E-state index contributed by atoms with van der Waals surface area (Å²) in [5, 5.41) is 15.7. The average Bonchev–Trinajstić information content (AvgIpc) is 2.69. The van der Waals surface area contributed by atoms with Crippen molar-refractivity contribution in [1.82, 2.24) is 26.6 Å². The molecule has 11 heteroatoms. The normalized spacial score (nSPS) is 10.0. The average molecular weight is 396 g/mol. The zero-order valence-electron chi connectivity index (χ0n) is 17.3. The van der Waals surface area contributed by atoms with E-state index in [9.17, 15) is 0 Å². The van der Waals surface area contributed by atoms with Crippen molar-refractivity contribution in [2.24, 2.45) is 34.4 Å². The Labute approximate surface area is 166 Å². The number of nitrogens with two attached hydrogens (primary N) is 6. The van der Waals surface area contributed by atoms with Crippen LogP contribution in [0.5, 0.6) is 0 Å². The molecule has 0 radical (unpaired) electrons. The SMILES string of the molecule is NCCNCCN.NCCNCCNCCN.NCCNCCNCCN. The van der Waals surface area contributed by atoms with Crippen molar-refractivity contribution >= 4 is 0 Å². The molecular formula is C16H49N11. The third-order valence-corrected chi connectivity index (χ3v) is 2.88. The first-order valence-electron chi connectivity index (χ1n) is 9.99. The molecule has 0 atom stereocenters. The van der Waals surface area contributed by atoms with Gasteiger partial charge in [-0.1, -0.05) is 0 Å². The first-order valence-corrected chi connectivity index (χ1v) is 9.99. The molecule has 0 bridgehead atoms. The van der Waals surface area contributed by atoms with Gasteiger partial charge in [0, 0.05) is 105 Å². The van der Waals surface area contributed by atoms with Crippen LogP contribution < -0.4 is 61.0 Å². The van der Waals surface area contributed by atoms with Gasteiger partial charge in [0.1, 0.15) is 0 Å².